The normalized spacial score (nSPS) is 11.1. The van der Waals surface area contributed by atoms with Crippen LogP contribution in [0, 0.1) is 83.1 Å². The summed E-state index contributed by atoms with van der Waals surface area (Å²) in [6, 6.07) is 106. The zero-order valence-corrected chi connectivity index (χ0v) is 57.7. The highest BCUT2D eigenvalue weighted by atomic mass is 14.1. The fraction of sp³-hybridized carbons (Fsp3) is 0.125. The van der Waals surface area contributed by atoms with E-state index in [9.17, 15) is 0 Å². The second-order valence-electron chi connectivity index (χ2n) is 27.0. The predicted octanol–water partition coefficient (Wildman–Crippen LogP) is 27.7. The van der Waals surface area contributed by atoms with Crippen molar-refractivity contribution >= 4 is 129 Å². The number of hydrogen-bond donors (Lipinski definition) is 0. The van der Waals surface area contributed by atoms with Gasteiger partial charge in [0.1, 0.15) is 0 Å². The van der Waals surface area contributed by atoms with Crippen LogP contribution < -0.4 is 0 Å². The van der Waals surface area contributed by atoms with E-state index in [2.05, 4.69) is 374 Å². The summed E-state index contributed by atoms with van der Waals surface area (Å²) in [5.74, 6) is 0. The maximum absolute atomic E-state index is 2.31. The van der Waals surface area contributed by atoms with Gasteiger partial charge >= 0.3 is 0 Å². The molecule has 0 aliphatic heterocycles. The zero-order chi connectivity index (χ0) is 66.7. The first-order chi connectivity index (χ1) is 46.4. The van der Waals surface area contributed by atoms with Crippen LogP contribution in [0.25, 0.3) is 129 Å². The molecule has 0 fully saturated rings. The van der Waals surface area contributed by atoms with Gasteiger partial charge in [-0.2, -0.15) is 0 Å². The van der Waals surface area contributed by atoms with Gasteiger partial charge in [-0.25, -0.2) is 0 Å². The number of rotatable bonds is 0. The molecule has 468 valence electrons. The Bertz CT molecular complexity index is 5580. The van der Waals surface area contributed by atoms with Gasteiger partial charge in [0.25, 0.3) is 0 Å². The molecule has 18 rings (SSSR count). The lowest BCUT2D eigenvalue weighted by molar-refractivity contribution is 1.50. The molecule has 0 aliphatic rings. The highest BCUT2D eigenvalue weighted by Crippen LogP contribution is 2.33. The third-order valence-corrected chi connectivity index (χ3v) is 19.1. The van der Waals surface area contributed by atoms with Crippen molar-refractivity contribution in [2.75, 3.05) is 0 Å². The molecule has 18 aromatic carbocycles. The average Bonchev–Trinajstić information content (AvgIpc) is 0.935. The van der Waals surface area contributed by atoms with E-state index in [1.807, 2.05) is 0 Å². The van der Waals surface area contributed by atoms with Crippen LogP contribution in [0.2, 0.25) is 0 Å². The highest BCUT2D eigenvalue weighted by Gasteiger charge is 2.07. The molecule has 0 heteroatoms. The van der Waals surface area contributed by atoms with E-state index >= 15 is 0 Å². The van der Waals surface area contributed by atoms with E-state index in [-0.39, 0.29) is 0 Å². The van der Waals surface area contributed by atoms with Crippen molar-refractivity contribution in [2.24, 2.45) is 0 Å². The van der Waals surface area contributed by atoms with Crippen molar-refractivity contribution in [3.05, 3.63) is 358 Å². The van der Waals surface area contributed by atoms with Crippen molar-refractivity contribution in [1.29, 1.82) is 0 Å². The summed E-state index contributed by atoms with van der Waals surface area (Å²) in [4.78, 5) is 0. The molecule has 0 radical (unpaired) electrons. The summed E-state index contributed by atoms with van der Waals surface area (Å²) < 4.78 is 0. The minimum absolute atomic E-state index is 1.32. The van der Waals surface area contributed by atoms with E-state index in [1.54, 1.807) is 0 Å². The molecule has 0 heterocycles. The van der Waals surface area contributed by atoms with E-state index in [0.29, 0.717) is 0 Å². The molecule has 0 unspecified atom stereocenters. The number of hydrogen-bond acceptors (Lipinski definition) is 0. The molecule has 0 bridgehead atoms. The number of aryl methyl sites for hydroxylation is 12. The molecule has 0 aromatic heterocycles. The number of benzene rings is 18. The maximum atomic E-state index is 2.31. The monoisotopic (exact) mass is 1240 g/mol. The summed E-state index contributed by atoms with van der Waals surface area (Å²) in [7, 11) is 0. The second-order valence-corrected chi connectivity index (χ2v) is 27.0. The first-order valence-corrected chi connectivity index (χ1v) is 33.8. The Morgan fingerprint density at radius 3 is 0.656 bits per heavy atom. The van der Waals surface area contributed by atoms with Crippen LogP contribution in [0.3, 0.4) is 0 Å². The minimum atomic E-state index is 1.32. The Hall–Kier alpha value is -10.9. The van der Waals surface area contributed by atoms with Crippen molar-refractivity contribution in [3.63, 3.8) is 0 Å². The topological polar surface area (TPSA) is 0 Å². The summed E-state index contributed by atoms with van der Waals surface area (Å²) >= 11 is 0. The fourth-order valence-electron chi connectivity index (χ4n) is 13.8. The summed E-state index contributed by atoms with van der Waals surface area (Å²) in [6.45, 7) is 25.8. The Morgan fingerprint density at radius 1 is 0.115 bits per heavy atom. The third-order valence-electron chi connectivity index (χ3n) is 19.1. The average molecular weight is 1240 g/mol. The van der Waals surface area contributed by atoms with Gasteiger partial charge < -0.3 is 0 Å². The minimum Gasteiger partial charge on any atom is -0.0614 e. The van der Waals surface area contributed by atoms with Crippen LogP contribution in [0.4, 0.5) is 0 Å². The lowest BCUT2D eigenvalue weighted by Crippen LogP contribution is -1.82. The van der Waals surface area contributed by atoms with Gasteiger partial charge in [-0.15, -0.1) is 0 Å². The Morgan fingerprint density at radius 2 is 0.323 bits per heavy atom. The third kappa shape index (κ3) is 14.1. The van der Waals surface area contributed by atoms with Crippen LogP contribution in [-0.4, -0.2) is 0 Å². The highest BCUT2D eigenvalue weighted by molar-refractivity contribution is 6.10. The summed E-state index contributed by atoms with van der Waals surface area (Å²) in [5.41, 5.74) is 15.9. The van der Waals surface area contributed by atoms with Gasteiger partial charge in [0, 0.05) is 0 Å². The van der Waals surface area contributed by atoms with Gasteiger partial charge in [-0.05, 0) is 283 Å². The fourth-order valence-corrected chi connectivity index (χ4v) is 13.8. The largest absolute Gasteiger partial charge is 0.0614 e. The van der Waals surface area contributed by atoms with Crippen molar-refractivity contribution < 1.29 is 0 Å². The van der Waals surface area contributed by atoms with Crippen LogP contribution in [0.5, 0.6) is 0 Å². The molecule has 0 amide bonds. The summed E-state index contributed by atoms with van der Waals surface area (Å²) in [5, 5.41) is 32.1. The molecule has 0 saturated carbocycles. The van der Waals surface area contributed by atoms with Gasteiger partial charge in [-0.1, -0.05) is 287 Å². The first kappa shape index (κ1) is 63.8. The molecule has 0 atom stereocenters. The lowest BCUT2D eigenvalue weighted by atomic mass is 9.98. The van der Waals surface area contributed by atoms with E-state index in [4.69, 9.17) is 0 Å². The van der Waals surface area contributed by atoms with E-state index in [0.717, 1.165) is 0 Å². The molecule has 0 nitrogen and oxygen atoms in total. The standard InChI is InChI=1S/6C16H14/c1-11-3-7-15-13(9-11)5-6-14-10-12(2)4-8-16(14)15;1-11-3-5-13-10-16-8-12(2)4-6-14(16)9-15(13)7-11;1-11-3-5-13-9-14-6-4-12(2)8-16(14)10-15(13)7-11;1-11-3-5-13-7-8-14-6-4-12(2)10-16(14)15(13)9-11;1-11-5-3-7-13-10-16-12(2)6-4-8-14(16)9-15(11)13;1-11-5-3-7-13-9-14-8-4-6-12(2)16(14)10-15(11)13/h6*3-10H,1-2H3. The maximum Gasteiger partial charge on any atom is -0.0103 e. The molecule has 0 spiro atoms. The smallest absolute Gasteiger partial charge is 0.0103 e. The van der Waals surface area contributed by atoms with E-state index in [1.165, 1.54) is 196 Å². The molecule has 0 N–H and O–H groups in total. The van der Waals surface area contributed by atoms with Crippen molar-refractivity contribution in [3.8, 4) is 0 Å². The zero-order valence-electron chi connectivity index (χ0n) is 57.7. The molecule has 0 aliphatic carbocycles. The number of fused-ring (bicyclic) bond motifs is 14. The molecule has 0 saturated heterocycles. The van der Waals surface area contributed by atoms with Crippen LogP contribution in [0.1, 0.15) is 66.8 Å². The first-order valence-electron chi connectivity index (χ1n) is 33.8. The molecule has 18 aromatic rings. The van der Waals surface area contributed by atoms with E-state index < -0.39 is 0 Å². The van der Waals surface area contributed by atoms with Crippen LogP contribution in [-0.2, 0) is 0 Å². The van der Waals surface area contributed by atoms with Gasteiger partial charge in [0.2, 0.25) is 0 Å². The lowest BCUT2D eigenvalue weighted by Gasteiger charge is -2.06. The SMILES string of the molecule is Cc1ccc2c(ccc3cc(C)ccc32)c1.Cc1ccc2cc3cc(C)ccc3cc2c1.Cc1ccc2cc3ccc(C)cc3cc2c1.Cc1ccc2ccc3ccc(C)cc3c2c1.Cc1cccc2cc3c(C)cccc3cc12.Cc1cccc2cc3cccc(C)c3cc12. The molecular weight excluding hydrogens is 1150 g/mol. The van der Waals surface area contributed by atoms with Gasteiger partial charge in [-0.3, -0.25) is 0 Å². The summed E-state index contributed by atoms with van der Waals surface area (Å²) in [6.07, 6.45) is 0. The molecule has 96 heavy (non-hydrogen) atoms. The Balaban J connectivity index is 0.000000104. The molecular formula is C96H84. The Kier molecular flexibility index (Phi) is 18.3. The van der Waals surface area contributed by atoms with Crippen molar-refractivity contribution in [2.45, 2.75) is 83.1 Å². The van der Waals surface area contributed by atoms with Crippen LogP contribution >= 0.6 is 0 Å². The Labute approximate surface area is 566 Å². The van der Waals surface area contributed by atoms with Gasteiger partial charge in [0.15, 0.2) is 0 Å². The quantitative estimate of drug-likeness (QED) is 0.105. The second kappa shape index (κ2) is 27.6. The van der Waals surface area contributed by atoms with Gasteiger partial charge in [0.05, 0.1) is 0 Å². The van der Waals surface area contributed by atoms with Crippen molar-refractivity contribution in [1.82, 2.24) is 0 Å². The predicted molar refractivity (Wildman–Crippen MR) is 426 cm³/mol. The van der Waals surface area contributed by atoms with Crippen LogP contribution in [0.15, 0.2) is 291 Å².